The molecule has 2 aromatic rings. The van der Waals surface area contributed by atoms with Crippen molar-refractivity contribution in [1.82, 2.24) is 4.90 Å². The number of aliphatic hydroxyl groups excluding tert-OH is 1. The van der Waals surface area contributed by atoms with E-state index in [1.54, 1.807) is 30.3 Å². The van der Waals surface area contributed by atoms with Crippen LogP contribution < -0.4 is 11.1 Å². The van der Waals surface area contributed by atoms with E-state index in [0.29, 0.717) is 22.4 Å². The van der Waals surface area contributed by atoms with Gasteiger partial charge in [-0.2, -0.15) is 0 Å². The van der Waals surface area contributed by atoms with Crippen LogP contribution in [0.1, 0.15) is 22.3 Å². The zero-order valence-electron chi connectivity index (χ0n) is 22.3. The van der Waals surface area contributed by atoms with Crippen molar-refractivity contribution in [2.45, 2.75) is 24.5 Å². The first kappa shape index (κ1) is 28.3. The van der Waals surface area contributed by atoms with Gasteiger partial charge in [0.25, 0.3) is 0 Å². The van der Waals surface area contributed by atoms with Crippen LogP contribution in [-0.4, -0.2) is 87.5 Å². The lowest BCUT2D eigenvalue weighted by atomic mass is 9.52. The van der Waals surface area contributed by atoms with E-state index in [-0.39, 0.29) is 24.2 Å². The SMILES string of the molecule is CN(C)C1C(=O)C(C(N)=O)C(=O)C2(O)C(=O)C3C(=O)c4c(O)ccc(-c5ccc(NC(=O)CO)cc5)c4CC3CC12. The number of primary amides is 1. The number of hydrogen-bond donors (Lipinski definition) is 5. The summed E-state index contributed by atoms with van der Waals surface area (Å²) < 4.78 is 0. The van der Waals surface area contributed by atoms with Crippen molar-refractivity contribution in [3.05, 3.63) is 47.5 Å². The van der Waals surface area contributed by atoms with Crippen molar-refractivity contribution in [2.75, 3.05) is 26.0 Å². The minimum absolute atomic E-state index is 0.0505. The highest BCUT2D eigenvalue weighted by Crippen LogP contribution is 2.51. The highest BCUT2D eigenvalue weighted by atomic mass is 16.3. The van der Waals surface area contributed by atoms with Crippen molar-refractivity contribution in [1.29, 1.82) is 0 Å². The number of phenols is 1. The number of phenolic OH excluding ortho intramolecular Hbond substituents is 1. The molecule has 12 heteroatoms. The molecule has 2 saturated carbocycles. The summed E-state index contributed by atoms with van der Waals surface area (Å²) >= 11 is 0. The number of amides is 2. The van der Waals surface area contributed by atoms with Crippen molar-refractivity contribution in [3.8, 4) is 16.9 Å². The van der Waals surface area contributed by atoms with Gasteiger partial charge >= 0.3 is 0 Å². The maximum atomic E-state index is 13.9. The third-order valence-electron chi connectivity index (χ3n) is 8.57. The van der Waals surface area contributed by atoms with Crippen molar-refractivity contribution in [3.63, 3.8) is 0 Å². The molecule has 2 amide bonds. The number of fused-ring (bicyclic) bond motifs is 3. The molecule has 0 aliphatic heterocycles. The number of ketones is 4. The van der Waals surface area contributed by atoms with Gasteiger partial charge in [0, 0.05) is 11.6 Å². The number of Topliss-reactive ketones (excluding diaryl/α,β-unsaturated/α-hetero) is 4. The molecule has 3 aliphatic carbocycles. The second kappa shape index (κ2) is 9.98. The fourth-order valence-electron chi connectivity index (χ4n) is 6.81. The lowest BCUT2D eigenvalue weighted by Crippen LogP contribution is -2.74. The summed E-state index contributed by atoms with van der Waals surface area (Å²) in [4.78, 5) is 79.3. The van der Waals surface area contributed by atoms with Crippen LogP contribution in [0.15, 0.2) is 36.4 Å². The monoisotopic (exact) mass is 563 g/mol. The predicted octanol–water partition coefficient (Wildman–Crippen LogP) is -0.535. The zero-order chi connectivity index (χ0) is 30.0. The van der Waals surface area contributed by atoms with Gasteiger partial charge in [-0.1, -0.05) is 18.2 Å². The van der Waals surface area contributed by atoms with E-state index in [1.165, 1.54) is 25.1 Å². The van der Waals surface area contributed by atoms with Crippen LogP contribution >= 0.6 is 0 Å². The average Bonchev–Trinajstić information content (AvgIpc) is 2.91. The molecule has 0 bridgehead atoms. The van der Waals surface area contributed by atoms with Gasteiger partial charge in [0.1, 0.15) is 12.4 Å². The fraction of sp³-hybridized carbons (Fsp3) is 0.379. The topological polar surface area (TPSA) is 204 Å². The van der Waals surface area contributed by atoms with E-state index in [9.17, 15) is 39.0 Å². The number of carbonyl (C=O) groups excluding carboxylic acids is 6. The third kappa shape index (κ3) is 4.17. The van der Waals surface area contributed by atoms with E-state index in [1.807, 2.05) is 0 Å². The number of likely N-dealkylation sites (N-methyl/N-ethyl adjacent to an activating group) is 1. The van der Waals surface area contributed by atoms with E-state index in [0.717, 1.165) is 0 Å². The Labute approximate surface area is 234 Å². The van der Waals surface area contributed by atoms with Gasteiger partial charge in [-0.05, 0) is 67.7 Å². The highest BCUT2D eigenvalue weighted by Gasteiger charge is 2.69. The van der Waals surface area contributed by atoms with Gasteiger partial charge in [-0.15, -0.1) is 0 Å². The number of rotatable bonds is 5. The summed E-state index contributed by atoms with van der Waals surface area (Å²) in [7, 11) is 3.05. The second-order valence-electron chi connectivity index (χ2n) is 11.1. The number of benzene rings is 2. The Morgan fingerprint density at radius 3 is 2.29 bits per heavy atom. The molecule has 6 atom stereocenters. The summed E-state index contributed by atoms with van der Waals surface area (Å²) in [6.45, 7) is -0.679. The molecule has 0 radical (unpaired) electrons. The molecule has 6 unspecified atom stereocenters. The fourth-order valence-corrected chi connectivity index (χ4v) is 6.81. The summed E-state index contributed by atoms with van der Waals surface area (Å²) in [6, 6.07) is 8.34. The lowest BCUT2D eigenvalue weighted by molar-refractivity contribution is -0.181. The van der Waals surface area contributed by atoms with Crippen LogP contribution in [0.4, 0.5) is 5.69 Å². The van der Waals surface area contributed by atoms with Crippen molar-refractivity contribution < 1.29 is 44.1 Å². The number of carbonyl (C=O) groups is 6. The van der Waals surface area contributed by atoms with E-state index in [4.69, 9.17) is 10.8 Å². The lowest BCUT2D eigenvalue weighted by Gasteiger charge is -2.52. The smallest absolute Gasteiger partial charge is 0.250 e. The number of hydrogen-bond acceptors (Lipinski definition) is 10. The highest BCUT2D eigenvalue weighted by molar-refractivity contribution is 6.32. The summed E-state index contributed by atoms with van der Waals surface area (Å²) in [5.74, 6) is -11.6. The van der Waals surface area contributed by atoms with Crippen LogP contribution in [0.25, 0.3) is 11.1 Å². The molecule has 2 aromatic carbocycles. The first-order valence-corrected chi connectivity index (χ1v) is 13.0. The molecule has 0 aromatic heterocycles. The molecule has 3 aliphatic rings. The van der Waals surface area contributed by atoms with E-state index < -0.39 is 76.9 Å². The molecule has 12 nitrogen and oxygen atoms in total. The van der Waals surface area contributed by atoms with Crippen molar-refractivity contribution >= 4 is 40.6 Å². The predicted molar refractivity (Wildman–Crippen MR) is 143 cm³/mol. The van der Waals surface area contributed by atoms with Crippen LogP contribution in [0.5, 0.6) is 5.75 Å². The number of nitrogens with zero attached hydrogens (tertiary/aromatic N) is 1. The summed E-state index contributed by atoms with van der Waals surface area (Å²) in [6.07, 6.45) is 0.0731. The normalized spacial score (nSPS) is 29.0. The Bertz CT molecular complexity index is 1520. The number of aromatic hydroxyl groups is 1. The Morgan fingerprint density at radius 1 is 1.05 bits per heavy atom. The average molecular weight is 564 g/mol. The van der Waals surface area contributed by atoms with Crippen molar-refractivity contribution in [2.24, 2.45) is 29.4 Å². The largest absolute Gasteiger partial charge is 0.507 e. The third-order valence-corrected chi connectivity index (χ3v) is 8.57. The standard InChI is InChI=1S/C29H29N3O9/c1-32(2)23-17-10-13-9-16-15(12-3-5-14(6-4-12)31-19(35)11-33)7-8-18(34)21(16)24(36)20(13)26(38)29(17,41)27(39)22(25(23)37)28(30)40/h3-8,13,17,20,22-23,33-34,41H,9-11H2,1-2H3,(H2,30,40)(H,31,35). The Balaban J connectivity index is 1.59. The molecule has 0 heterocycles. The molecular formula is C29H29N3O9. The van der Waals surface area contributed by atoms with E-state index >= 15 is 0 Å². The van der Waals surface area contributed by atoms with Gasteiger partial charge in [0.15, 0.2) is 34.7 Å². The molecular weight excluding hydrogens is 534 g/mol. The van der Waals surface area contributed by atoms with Crippen LogP contribution in [0, 0.1) is 23.7 Å². The Morgan fingerprint density at radius 2 is 1.71 bits per heavy atom. The Kier molecular flexibility index (Phi) is 6.88. The number of nitrogens with two attached hydrogens (primary N) is 1. The van der Waals surface area contributed by atoms with Crippen LogP contribution in [0.3, 0.4) is 0 Å². The van der Waals surface area contributed by atoms with Gasteiger partial charge in [-0.25, -0.2) is 0 Å². The second-order valence-corrected chi connectivity index (χ2v) is 11.1. The van der Waals surface area contributed by atoms with E-state index in [2.05, 4.69) is 5.32 Å². The first-order valence-electron chi connectivity index (χ1n) is 13.0. The molecule has 0 spiro atoms. The summed E-state index contributed by atoms with van der Waals surface area (Å²) in [5, 5.41) is 33.8. The quantitative estimate of drug-likeness (QED) is 0.294. The van der Waals surface area contributed by atoms with Gasteiger partial charge in [-0.3, -0.25) is 33.7 Å². The molecule has 214 valence electrons. The van der Waals surface area contributed by atoms with Gasteiger partial charge < -0.3 is 26.4 Å². The number of nitrogens with one attached hydrogen (secondary N) is 1. The van der Waals surface area contributed by atoms with Crippen LogP contribution in [0.2, 0.25) is 0 Å². The van der Waals surface area contributed by atoms with Gasteiger partial charge in [0.05, 0.1) is 17.5 Å². The minimum atomic E-state index is -2.78. The van der Waals surface area contributed by atoms with Crippen LogP contribution in [-0.2, 0) is 30.4 Å². The number of anilines is 1. The molecule has 2 fully saturated rings. The molecule has 0 saturated heterocycles. The minimum Gasteiger partial charge on any atom is -0.507 e. The molecule has 41 heavy (non-hydrogen) atoms. The molecule has 6 N–H and O–H groups in total. The summed E-state index contributed by atoms with van der Waals surface area (Å²) in [5.41, 5.74) is 4.59. The number of aliphatic hydroxyl groups is 2. The van der Waals surface area contributed by atoms with Gasteiger partial charge in [0.2, 0.25) is 11.8 Å². The zero-order valence-corrected chi connectivity index (χ0v) is 22.3. The maximum Gasteiger partial charge on any atom is 0.250 e. The molecule has 5 rings (SSSR count). The Hall–Kier alpha value is -4.26. The first-order chi connectivity index (χ1) is 19.3. The maximum absolute atomic E-state index is 13.9.